The molecule has 0 saturated carbocycles. The molecule has 0 amide bonds. The molecule has 1 N–H and O–H groups in total. The highest BCUT2D eigenvalue weighted by molar-refractivity contribution is 7.09. The molecule has 5 heteroatoms. The number of aryl methyl sites for hydroxylation is 1. The Labute approximate surface area is 123 Å². The number of rotatable bonds is 7. The van der Waals surface area contributed by atoms with E-state index >= 15 is 0 Å². The first-order valence-corrected chi connectivity index (χ1v) is 7.52. The molecule has 108 valence electrons. The summed E-state index contributed by atoms with van der Waals surface area (Å²) in [5.74, 6) is 1.56. The van der Waals surface area contributed by atoms with E-state index in [1.165, 1.54) is 5.56 Å². The molecular weight excluding hydrogens is 272 g/mol. The van der Waals surface area contributed by atoms with Crippen molar-refractivity contribution in [3.05, 3.63) is 39.8 Å². The monoisotopic (exact) mass is 292 g/mol. The lowest BCUT2D eigenvalue weighted by molar-refractivity contribution is 0.310. The zero-order valence-electron chi connectivity index (χ0n) is 12.1. The van der Waals surface area contributed by atoms with Gasteiger partial charge in [-0.25, -0.2) is 4.98 Å². The molecule has 0 radical (unpaired) electrons. The highest BCUT2D eigenvalue weighted by Crippen LogP contribution is 2.28. The van der Waals surface area contributed by atoms with E-state index in [1.54, 1.807) is 18.4 Å². The van der Waals surface area contributed by atoms with Crippen LogP contribution in [-0.2, 0) is 13.1 Å². The number of nitrogens with zero attached hydrogens (tertiary/aromatic N) is 1. The van der Waals surface area contributed by atoms with E-state index in [4.69, 9.17) is 9.47 Å². The van der Waals surface area contributed by atoms with Crippen molar-refractivity contribution in [1.29, 1.82) is 0 Å². The molecule has 4 nitrogen and oxygen atoms in total. The van der Waals surface area contributed by atoms with Gasteiger partial charge >= 0.3 is 0 Å². The topological polar surface area (TPSA) is 43.4 Å². The van der Waals surface area contributed by atoms with Gasteiger partial charge in [-0.1, -0.05) is 6.07 Å². The summed E-state index contributed by atoms with van der Waals surface area (Å²) in [6.07, 6.45) is 0. The maximum absolute atomic E-state index is 5.57. The van der Waals surface area contributed by atoms with Crippen LogP contribution in [0.1, 0.15) is 23.2 Å². The molecule has 1 aromatic carbocycles. The lowest BCUT2D eigenvalue weighted by Crippen LogP contribution is -2.12. The van der Waals surface area contributed by atoms with Crippen molar-refractivity contribution in [2.45, 2.75) is 26.9 Å². The van der Waals surface area contributed by atoms with Crippen molar-refractivity contribution in [1.82, 2.24) is 10.3 Å². The van der Waals surface area contributed by atoms with Gasteiger partial charge in [-0.2, -0.15) is 0 Å². The van der Waals surface area contributed by atoms with Crippen molar-refractivity contribution in [3.63, 3.8) is 0 Å². The fraction of sp³-hybridized carbons (Fsp3) is 0.400. The van der Waals surface area contributed by atoms with Gasteiger partial charge < -0.3 is 14.8 Å². The molecule has 20 heavy (non-hydrogen) atoms. The maximum atomic E-state index is 5.57. The minimum absolute atomic E-state index is 0.631. The number of ether oxygens (including phenoxy) is 2. The van der Waals surface area contributed by atoms with Gasteiger partial charge in [0.2, 0.25) is 0 Å². The summed E-state index contributed by atoms with van der Waals surface area (Å²) < 4.78 is 10.8. The van der Waals surface area contributed by atoms with E-state index in [9.17, 15) is 0 Å². The van der Waals surface area contributed by atoms with Crippen LogP contribution >= 0.6 is 11.3 Å². The second-order valence-corrected chi connectivity index (χ2v) is 5.35. The van der Waals surface area contributed by atoms with Crippen LogP contribution in [0.3, 0.4) is 0 Å². The summed E-state index contributed by atoms with van der Waals surface area (Å²) in [7, 11) is 1.65. The van der Waals surface area contributed by atoms with E-state index in [1.807, 2.05) is 32.0 Å². The third kappa shape index (κ3) is 3.95. The van der Waals surface area contributed by atoms with Gasteiger partial charge in [0.15, 0.2) is 11.5 Å². The van der Waals surface area contributed by atoms with Crippen LogP contribution in [0.4, 0.5) is 0 Å². The Morgan fingerprint density at radius 2 is 2.10 bits per heavy atom. The molecular formula is C15H20N2O2S. The van der Waals surface area contributed by atoms with Crippen molar-refractivity contribution < 1.29 is 9.47 Å². The molecule has 0 spiro atoms. The van der Waals surface area contributed by atoms with Crippen molar-refractivity contribution >= 4 is 11.3 Å². The summed E-state index contributed by atoms with van der Waals surface area (Å²) in [6, 6.07) is 6.00. The molecule has 0 unspecified atom stereocenters. The predicted molar refractivity (Wildman–Crippen MR) is 81.6 cm³/mol. The van der Waals surface area contributed by atoms with E-state index < -0.39 is 0 Å². The number of nitrogens with one attached hydrogen (secondary N) is 1. The summed E-state index contributed by atoms with van der Waals surface area (Å²) >= 11 is 1.68. The van der Waals surface area contributed by atoms with Gasteiger partial charge in [0.05, 0.1) is 13.7 Å². The third-order valence-electron chi connectivity index (χ3n) is 2.80. The van der Waals surface area contributed by atoms with Crippen LogP contribution in [-0.4, -0.2) is 18.7 Å². The SMILES string of the molecule is CCOc1cc(CNCc2nc(C)cs2)ccc1OC. The number of methoxy groups -OCH3 is 1. The van der Waals surface area contributed by atoms with Crippen molar-refractivity contribution in [2.24, 2.45) is 0 Å². The maximum Gasteiger partial charge on any atom is 0.161 e. The van der Waals surface area contributed by atoms with E-state index in [-0.39, 0.29) is 0 Å². The molecule has 2 rings (SSSR count). The predicted octanol–water partition coefficient (Wildman–Crippen LogP) is 3.15. The summed E-state index contributed by atoms with van der Waals surface area (Å²) in [5.41, 5.74) is 2.25. The Bertz CT molecular complexity index is 555. The largest absolute Gasteiger partial charge is 0.493 e. The molecule has 1 heterocycles. The zero-order valence-corrected chi connectivity index (χ0v) is 12.9. The van der Waals surface area contributed by atoms with Crippen LogP contribution in [0, 0.1) is 6.92 Å². The number of hydrogen-bond acceptors (Lipinski definition) is 5. The molecule has 0 aliphatic rings. The smallest absolute Gasteiger partial charge is 0.161 e. The first kappa shape index (κ1) is 14.8. The normalized spacial score (nSPS) is 10.6. The van der Waals surface area contributed by atoms with Gasteiger partial charge in [0.25, 0.3) is 0 Å². The Morgan fingerprint density at radius 3 is 2.75 bits per heavy atom. The summed E-state index contributed by atoms with van der Waals surface area (Å²) in [6.45, 7) is 6.18. The van der Waals surface area contributed by atoms with E-state index in [2.05, 4.69) is 15.7 Å². The van der Waals surface area contributed by atoms with Gasteiger partial charge in [-0.3, -0.25) is 0 Å². The van der Waals surface area contributed by atoms with Crippen LogP contribution in [0.15, 0.2) is 23.6 Å². The second kappa shape index (κ2) is 7.26. The Hall–Kier alpha value is -1.59. The number of benzene rings is 1. The highest BCUT2D eigenvalue weighted by Gasteiger charge is 2.05. The molecule has 0 aliphatic heterocycles. The van der Waals surface area contributed by atoms with Gasteiger partial charge in [0.1, 0.15) is 5.01 Å². The van der Waals surface area contributed by atoms with Crippen molar-refractivity contribution in [2.75, 3.05) is 13.7 Å². The fourth-order valence-corrected chi connectivity index (χ4v) is 2.64. The minimum Gasteiger partial charge on any atom is -0.493 e. The fourth-order valence-electron chi connectivity index (χ4n) is 1.90. The second-order valence-electron chi connectivity index (χ2n) is 4.40. The van der Waals surface area contributed by atoms with Crippen LogP contribution < -0.4 is 14.8 Å². The number of hydrogen-bond donors (Lipinski definition) is 1. The number of aromatic nitrogens is 1. The third-order valence-corrected chi connectivity index (χ3v) is 3.77. The quantitative estimate of drug-likeness (QED) is 0.851. The minimum atomic E-state index is 0.631. The molecule has 2 aromatic rings. The molecule has 0 fully saturated rings. The molecule has 0 atom stereocenters. The van der Waals surface area contributed by atoms with E-state index in [0.29, 0.717) is 6.61 Å². The average Bonchev–Trinajstić information content (AvgIpc) is 2.85. The van der Waals surface area contributed by atoms with E-state index in [0.717, 1.165) is 35.3 Å². The summed E-state index contributed by atoms with van der Waals surface area (Å²) in [5, 5.41) is 6.57. The Morgan fingerprint density at radius 1 is 1.25 bits per heavy atom. The standard InChI is InChI=1S/C15H20N2O2S/c1-4-19-14-7-12(5-6-13(14)18-3)8-16-9-15-17-11(2)10-20-15/h5-7,10,16H,4,8-9H2,1-3H3. The lowest BCUT2D eigenvalue weighted by Gasteiger charge is -2.11. The molecule has 0 saturated heterocycles. The highest BCUT2D eigenvalue weighted by atomic mass is 32.1. The average molecular weight is 292 g/mol. The van der Waals surface area contributed by atoms with Gasteiger partial charge in [-0.15, -0.1) is 11.3 Å². The Balaban J connectivity index is 1.93. The van der Waals surface area contributed by atoms with Crippen LogP contribution in [0.2, 0.25) is 0 Å². The summed E-state index contributed by atoms with van der Waals surface area (Å²) in [4.78, 5) is 4.43. The van der Waals surface area contributed by atoms with Gasteiger partial charge in [0, 0.05) is 24.2 Å². The lowest BCUT2D eigenvalue weighted by atomic mass is 10.2. The van der Waals surface area contributed by atoms with Gasteiger partial charge in [-0.05, 0) is 31.5 Å². The Kier molecular flexibility index (Phi) is 5.38. The van der Waals surface area contributed by atoms with Crippen LogP contribution in [0.25, 0.3) is 0 Å². The molecule has 1 aromatic heterocycles. The van der Waals surface area contributed by atoms with Crippen LogP contribution in [0.5, 0.6) is 11.5 Å². The number of thiazole rings is 1. The first-order valence-electron chi connectivity index (χ1n) is 6.64. The van der Waals surface area contributed by atoms with Crippen molar-refractivity contribution in [3.8, 4) is 11.5 Å². The molecule has 0 aliphatic carbocycles. The first-order chi connectivity index (χ1) is 9.72. The molecule has 0 bridgehead atoms. The zero-order chi connectivity index (χ0) is 14.4.